The van der Waals surface area contributed by atoms with Gasteiger partial charge in [-0.1, -0.05) is 73.2 Å². The van der Waals surface area contributed by atoms with E-state index in [1.807, 2.05) is 6.07 Å². The highest BCUT2D eigenvalue weighted by molar-refractivity contribution is 5.87. The second-order valence-electron chi connectivity index (χ2n) is 10.1. The molecule has 4 rings (SSSR count). The third kappa shape index (κ3) is 7.14. The SMILES string of the molecule is CNC(=O)CCCC=CC[C@H]1[C@@H](OCc2ccc(-c3ccccc3)cc2)CC(=O)[C@@H]1N1CCCCC1. The van der Waals surface area contributed by atoms with Crippen molar-refractivity contribution in [3.8, 4) is 11.1 Å². The molecule has 0 unspecified atom stereocenters. The Balaban J connectivity index is 1.37. The number of carbonyl (C=O) groups excluding carboxylic acids is 2. The van der Waals surface area contributed by atoms with E-state index in [0.717, 1.165) is 37.9 Å². The molecule has 2 aliphatic rings. The summed E-state index contributed by atoms with van der Waals surface area (Å²) in [6.45, 7) is 2.54. The van der Waals surface area contributed by atoms with Crippen LogP contribution in [0.5, 0.6) is 0 Å². The van der Waals surface area contributed by atoms with Crippen LogP contribution in [0, 0.1) is 5.92 Å². The fourth-order valence-corrected chi connectivity index (χ4v) is 5.55. The molecule has 1 amide bonds. The minimum Gasteiger partial charge on any atom is -0.373 e. The van der Waals surface area contributed by atoms with Gasteiger partial charge in [0.25, 0.3) is 0 Å². The van der Waals surface area contributed by atoms with Gasteiger partial charge < -0.3 is 10.1 Å². The predicted molar refractivity (Wildman–Crippen MR) is 144 cm³/mol. The molecule has 0 spiro atoms. The summed E-state index contributed by atoms with van der Waals surface area (Å²) in [4.78, 5) is 27.0. The Kier molecular flexibility index (Phi) is 9.88. The normalized spacial score (nSPS) is 22.8. The van der Waals surface area contributed by atoms with Crippen LogP contribution in [-0.4, -0.2) is 48.9 Å². The zero-order valence-corrected chi connectivity index (χ0v) is 21.5. The van der Waals surface area contributed by atoms with E-state index >= 15 is 0 Å². The highest BCUT2D eigenvalue weighted by atomic mass is 16.5. The monoisotopic (exact) mass is 488 g/mol. The fraction of sp³-hybridized carbons (Fsp3) is 0.484. The van der Waals surface area contributed by atoms with Gasteiger partial charge in [0.15, 0.2) is 5.78 Å². The van der Waals surface area contributed by atoms with E-state index in [-0.39, 0.29) is 24.0 Å². The van der Waals surface area contributed by atoms with Gasteiger partial charge in [0.05, 0.1) is 18.8 Å². The summed E-state index contributed by atoms with van der Waals surface area (Å²) >= 11 is 0. The quantitative estimate of drug-likeness (QED) is 0.333. The lowest BCUT2D eigenvalue weighted by molar-refractivity contribution is -0.123. The number of carbonyl (C=O) groups is 2. The molecule has 5 nitrogen and oxygen atoms in total. The van der Waals surface area contributed by atoms with Gasteiger partial charge in [-0.2, -0.15) is 0 Å². The van der Waals surface area contributed by atoms with Crippen LogP contribution < -0.4 is 5.32 Å². The summed E-state index contributed by atoms with van der Waals surface area (Å²) in [6, 6.07) is 18.9. The van der Waals surface area contributed by atoms with Crippen molar-refractivity contribution in [2.24, 2.45) is 5.92 Å². The van der Waals surface area contributed by atoms with Gasteiger partial charge >= 0.3 is 0 Å². The fourth-order valence-electron chi connectivity index (χ4n) is 5.55. The number of hydrogen-bond donors (Lipinski definition) is 1. The lowest BCUT2D eigenvalue weighted by atomic mass is 9.93. The molecule has 1 heterocycles. The maximum atomic E-state index is 13.2. The van der Waals surface area contributed by atoms with Crippen LogP contribution >= 0.6 is 0 Å². The lowest BCUT2D eigenvalue weighted by Gasteiger charge is -2.35. The van der Waals surface area contributed by atoms with E-state index in [4.69, 9.17) is 4.74 Å². The number of likely N-dealkylation sites (tertiary alicyclic amines) is 1. The second kappa shape index (κ2) is 13.5. The van der Waals surface area contributed by atoms with Crippen LogP contribution in [-0.2, 0) is 20.9 Å². The number of allylic oxidation sites excluding steroid dienone is 2. The van der Waals surface area contributed by atoms with Crippen LogP contribution in [0.1, 0.15) is 56.9 Å². The van der Waals surface area contributed by atoms with Crippen molar-refractivity contribution in [2.45, 2.75) is 70.1 Å². The van der Waals surface area contributed by atoms with Crippen molar-refractivity contribution in [3.05, 3.63) is 72.3 Å². The molecule has 192 valence electrons. The van der Waals surface area contributed by atoms with Crippen molar-refractivity contribution in [2.75, 3.05) is 20.1 Å². The zero-order valence-electron chi connectivity index (χ0n) is 21.5. The minimum absolute atomic E-state index is 0.0359. The third-order valence-corrected chi connectivity index (χ3v) is 7.55. The van der Waals surface area contributed by atoms with Crippen LogP contribution in [0.3, 0.4) is 0 Å². The smallest absolute Gasteiger partial charge is 0.219 e. The summed E-state index contributed by atoms with van der Waals surface area (Å²) in [5, 5.41) is 2.67. The van der Waals surface area contributed by atoms with Gasteiger partial charge in [0.2, 0.25) is 5.91 Å². The first-order chi connectivity index (χ1) is 17.7. The van der Waals surface area contributed by atoms with E-state index in [1.54, 1.807) is 7.05 Å². The van der Waals surface area contributed by atoms with Gasteiger partial charge in [-0.15, -0.1) is 0 Å². The van der Waals surface area contributed by atoms with E-state index < -0.39 is 0 Å². The van der Waals surface area contributed by atoms with E-state index in [9.17, 15) is 9.59 Å². The molecule has 2 aromatic rings. The van der Waals surface area contributed by atoms with Crippen molar-refractivity contribution in [1.82, 2.24) is 10.2 Å². The molecule has 2 fully saturated rings. The molecule has 0 radical (unpaired) electrons. The number of amides is 1. The van der Waals surface area contributed by atoms with Crippen LogP contribution in [0.15, 0.2) is 66.7 Å². The number of benzene rings is 2. The highest BCUT2D eigenvalue weighted by Gasteiger charge is 2.45. The predicted octanol–water partition coefficient (Wildman–Crippen LogP) is 5.54. The largest absolute Gasteiger partial charge is 0.373 e. The van der Waals surface area contributed by atoms with Crippen molar-refractivity contribution in [3.63, 3.8) is 0 Å². The number of rotatable bonds is 11. The summed E-state index contributed by atoms with van der Waals surface area (Å²) in [7, 11) is 1.67. The Bertz CT molecular complexity index is 996. The Morgan fingerprint density at radius 2 is 1.72 bits per heavy atom. The first kappa shape index (κ1) is 26.3. The number of Topliss-reactive ketones (excluding diaryl/α,β-unsaturated/α-hetero) is 1. The molecule has 36 heavy (non-hydrogen) atoms. The molecule has 1 aliphatic heterocycles. The number of nitrogens with one attached hydrogen (secondary N) is 1. The molecule has 0 bridgehead atoms. The van der Waals surface area contributed by atoms with E-state index in [0.29, 0.717) is 25.2 Å². The molecule has 2 aromatic carbocycles. The molecule has 3 atom stereocenters. The zero-order chi connectivity index (χ0) is 25.2. The molecule has 1 aliphatic carbocycles. The van der Waals surface area contributed by atoms with Gasteiger partial charge in [-0.25, -0.2) is 0 Å². The maximum Gasteiger partial charge on any atom is 0.219 e. The van der Waals surface area contributed by atoms with Crippen LogP contribution in [0.4, 0.5) is 0 Å². The summed E-state index contributed by atoms with van der Waals surface area (Å²) in [5.41, 5.74) is 3.53. The van der Waals surface area contributed by atoms with Crippen molar-refractivity contribution >= 4 is 11.7 Å². The summed E-state index contributed by atoms with van der Waals surface area (Å²) in [5.74, 6) is 0.592. The third-order valence-electron chi connectivity index (χ3n) is 7.55. The molecule has 0 aromatic heterocycles. The first-order valence-electron chi connectivity index (χ1n) is 13.5. The molecule has 1 saturated carbocycles. The average molecular weight is 489 g/mol. The van der Waals surface area contributed by atoms with E-state index in [1.165, 1.54) is 30.4 Å². The average Bonchev–Trinajstić information content (AvgIpc) is 3.25. The van der Waals surface area contributed by atoms with Gasteiger partial charge in [0, 0.05) is 25.8 Å². The Labute approximate surface area is 215 Å². The lowest BCUT2D eigenvalue weighted by Crippen LogP contribution is -2.46. The number of ether oxygens (including phenoxy) is 1. The second-order valence-corrected chi connectivity index (χ2v) is 10.1. The Morgan fingerprint density at radius 1 is 1.00 bits per heavy atom. The standard InChI is InChI=1S/C31H40N2O3/c1-32-30(35)15-9-3-2-8-14-27-29(22-28(34)31(27)33-20-10-5-11-21-33)36-23-24-16-18-26(19-17-24)25-12-6-4-7-13-25/h2,4,6-8,12-13,16-19,27,29,31H,3,5,9-11,14-15,20-23H2,1H3,(H,32,35)/t27-,29-,31+/m0/s1. The number of ketones is 1. The van der Waals surface area contributed by atoms with Crippen molar-refractivity contribution < 1.29 is 14.3 Å². The Morgan fingerprint density at radius 3 is 2.44 bits per heavy atom. The van der Waals surface area contributed by atoms with Crippen LogP contribution in [0.2, 0.25) is 0 Å². The minimum atomic E-state index is -0.0613. The first-order valence-corrected chi connectivity index (χ1v) is 13.5. The molecule has 5 heteroatoms. The number of unbranched alkanes of at least 4 members (excludes halogenated alkanes) is 1. The Hall–Kier alpha value is -2.76. The summed E-state index contributed by atoms with van der Waals surface area (Å²) in [6.07, 6.45) is 11.5. The van der Waals surface area contributed by atoms with Crippen LogP contribution in [0.25, 0.3) is 11.1 Å². The van der Waals surface area contributed by atoms with Gasteiger partial charge in [0.1, 0.15) is 0 Å². The topological polar surface area (TPSA) is 58.6 Å². The van der Waals surface area contributed by atoms with Crippen molar-refractivity contribution in [1.29, 1.82) is 0 Å². The van der Waals surface area contributed by atoms with E-state index in [2.05, 4.69) is 70.9 Å². The molecule has 1 N–H and O–H groups in total. The number of nitrogens with zero attached hydrogens (tertiary/aromatic N) is 1. The molecular weight excluding hydrogens is 448 g/mol. The maximum absolute atomic E-state index is 13.2. The highest BCUT2D eigenvalue weighted by Crippen LogP contribution is 2.35. The molecular formula is C31H40N2O3. The molecule has 1 saturated heterocycles. The van der Waals surface area contributed by atoms with Gasteiger partial charge in [-0.3, -0.25) is 14.5 Å². The summed E-state index contributed by atoms with van der Waals surface area (Å²) < 4.78 is 6.43. The number of piperidine rings is 1. The number of hydrogen-bond acceptors (Lipinski definition) is 4. The van der Waals surface area contributed by atoms with Gasteiger partial charge in [-0.05, 0) is 61.9 Å².